The number of carbonyl (C=O) groups is 2. The highest BCUT2D eigenvalue weighted by atomic mass is 35.5. The van der Waals surface area contributed by atoms with Crippen LogP contribution in [0.1, 0.15) is 30.4 Å². The van der Waals surface area contributed by atoms with Gasteiger partial charge < -0.3 is 24.8 Å². The number of ether oxygens (including phenoxy) is 2. The maximum Gasteiger partial charge on any atom is 0.290 e. The van der Waals surface area contributed by atoms with Gasteiger partial charge in [-0.2, -0.15) is 0 Å². The maximum atomic E-state index is 14.0. The number of amides is 1. The van der Waals surface area contributed by atoms with Crippen LogP contribution in [0, 0.1) is 11.6 Å². The molecule has 0 aromatic heterocycles. The largest absolute Gasteiger partial charge is 0.490 e. The molecule has 2 aliphatic rings. The number of hydrogen-bond acceptors (Lipinski definition) is 5. The number of benzene rings is 3. The summed E-state index contributed by atoms with van der Waals surface area (Å²) in [6.45, 7) is 1.55. The van der Waals surface area contributed by atoms with E-state index in [4.69, 9.17) is 42.6 Å². The first kappa shape index (κ1) is 31.3. The highest BCUT2D eigenvalue weighted by molar-refractivity contribution is 6.31. The molecule has 1 aliphatic heterocycles. The summed E-state index contributed by atoms with van der Waals surface area (Å²) in [6.07, 6.45) is 2.73. The van der Waals surface area contributed by atoms with Crippen molar-refractivity contribution in [2.45, 2.75) is 31.8 Å². The summed E-state index contributed by atoms with van der Waals surface area (Å²) < 4.78 is 38.7. The van der Waals surface area contributed by atoms with Gasteiger partial charge in [-0.15, -0.1) is 0 Å². The zero-order chi connectivity index (χ0) is 30.1. The molecule has 1 fully saturated rings. The van der Waals surface area contributed by atoms with Crippen molar-refractivity contribution >= 4 is 41.2 Å². The number of hydrogen-bond donors (Lipinski definition) is 2. The lowest BCUT2D eigenvalue weighted by molar-refractivity contribution is -0.128. The molecular formula is C31H30Cl2F2N2O5. The first-order valence-corrected chi connectivity index (χ1v) is 14.1. The molecule has 7 nitrogen and oxygen atoms in total. The maximum absolute atomic E-state index is 14.0. The number of nitrogens with one attached hydrogen (secondary N) is 1. The quantitative estimate of drug-likeness (QED) is 0.156. The molecule has 42 heavy (non-hydrogen) atoms. The predicted octanol–water partition coefficient (Wildman–Crippen LogP) is 6.37. The van der Waals surface area contributed by atoms with Gasteiger partial charge in [0.15, 0.2) is 17.4 Å². The van der Waals surface area contributed by atoms with Crippen LogP contribution in [-0.4, -0.2) is 54.7 Å². The van der Waals surface area contributed by atoms with Crippen LogP contribution in [0.15, 0.2) is 66.2 Å². The number of halogens is 4. The zero-order valence-corrected chi connectivity index (χ0v) is 24.1. The fourth-order valence-electron chi connectivity index (χ4n) is 4.64. The first-order chi connectivity index (χ1) is 20.3. The second kappa shape index (κ2) is 15.0. The molecule has 0 radical (unpaired) electrons. The summed E-state index contributed by atoms with van der Waals surface area (Å²) in [5, 5.41) is 10.7. The van der Waals surface area contributed by atoms with E-state index < -0.39 is 17.4 Å². The summed E-state index contributed by atoms with van der Waals surface area (Å²) >= 11 is 12.1. The van der Waals surface area contributed by atoms with Crippen LogP contribution < -0.4 is 14.8 Å². The molecule has 3 aromatic rings. The van der Waals surface area contributed by atoms with Crippen molar-refractivity contribution in [1.29, 1.82) is 0 Å². The van der Waals surface area contributed by atoms with Crippen molar-refractivity contribution in [3.8, 4) is 11.5 Å². The van der Waals surface area contributed by atoms with Crippen LogP contribution in [0.2, 0.25) is 10.0 Å². The Balaban J connectivity index is 0.00000129. The fraction of sp³-hybridized carbons (Fsp3) is 0.290. The molecule has 0 unspecified atom stereocenters. The topological polar surface area (TPSA) is 88.1 Å². The van der Waals surface area contributed by atoms with Crippen LogP contribution in [0.3, 0.4) is 0 Å². The van der Waals surface area contributed by atoms with E-state index in [9.17, 15) is 13.6 Å². The van der Waals surface area contributed by atoms with Crippen LogP contribution in [0.4, 0.5) is 8.78 Å². The lowest BCUT2D eigenvalue weighted by Gasteiger charge is -2.28. The molecule has 2 N–H and O–H groups in total. The van der Waals surface area contributed by atoms with Gasteiger partial charge in [-0.1, -0.05) is 53.5 Å². The van der Waals surface area contributed by atoms with Crippen LogP contribution >= 0.6 is 23.2 Å². The molecule has 0 atom stereocenters. The Morgan fingerprint density at radius 3 is 2.38 bits per heavy atom. The standard InChI is InChI=1S/C30H28Cl2F2N2O3.CH2O2/c31-25-4-2-1-3-20(25)18-36(21-7-8-21)30(37)24-17-35-14-13-23(24)19-5-9-22(10-6-19)38-15-16-39-29-27(33)12-11-26(32)28(29)34;2-1-3/h1-6,9-12,21,35H,7-8,13-18H2;1H,(H,2,3). The van der Waals surface area contributed by atoms with Crippen molar-refractivity contribution in [3.63, 3.8) is 0 Å². The number of nitrogens with zero attached hydrogens (tertiary/aromatic N) is 1. The highest BCUT2D eigenvalue weighted by Gasteiger charge is 2.35. The Kier molecular flexibility index (Phi) is 11.2. The van der Waals surface area contributed by atoms with Crippen molar-refractivity contribution in [1.82, 2.24) is 10.2 Å². The number of carboxylic acid groups (broad SMARTS) is 1. The van der Waals surface area contributed by atoms with E-state index in [0.29, 0.717) is 23.9 Å². The molecule has 11 heteroatoms. The Bertz CT molecular complexity index is 1430. The van der Waals surface area contributed by atoms with Gasteiger partial charge in [-0.05, 0) is 72.8 Å². The molecule has 1 heterocycles. The van der Waals surface area contributed by atoms with Crippen molar-refractivity contribution < 1.29 is 33.0 Å². The molecule has 1 amide bonds. The Labute approximate surface area is 252 Å². The molecule has 1 saturated carbocycles. The van der Waals surface area contributed by atoms with E-state index in [1.54, 1.807) is 0 Å². The molecule has 1 aliphatic carbocycles. The molecule has 222 valence electrons. The minimum Gasteiger partial charge on any atom is -0.490 e. The second-order valence-electron chi connectivity index (χ2n) is 9.64. The Hall–Kier alpha value is -3.66. The zero-order valence-electron chi connectivity index (χ0n) is 22.6. The van der Waals surface area contributed by atoms with E-state index >= 15 is 0 Å². The molecule has 0 saturated heterocycles. The second-order valence-corrected chi connectivity index (χ2v) is 10.5. The third-order valence-corrected chi connectivity index (χ3v) is 7.49. The summed E-state index contributed by atoms with van der Waals surface area (Å²) in [4.78, 5) is 24.1. The molecule has 3 aromatic carbocycles. The molecular weight excluding hydrogens is 589 g/mol. The van der Waals surface area contributed by atoms with Crippen LogP contribution in [-0.2, 0) is 16.1 Å². The summed E-state index contributed by atoms with van der Waals surface area (Å²) in [6, 6.07) is 17.5. The van der Waals surface area contributed by atoms with Gasteiger partial charge in [0.05, 0.1) is 5.02 Å². The SMILES string of the molecule is O=C(C1=C(c2ccc(OCCOc3c(F)ccc(Cl)c3F)cc2)CCNC1)N(Cc1ccccc1Cl)C1CC1.O=CO. The van der Waals surface area contributed by atoms with Crippen molar-refractivity contribution in [2.75, 3.05) is 26.3 Å². The van der Waals surface area contributed by atoms with E-state index in [1.165, 1.54) is 0 Å². The van der Waals surface area contributed by atoms with Gasteiger partial charge in [0, 0.05) is 29.7 Å². The Morgan fingerprint density at radius 1 is 1.00 bits per heavy atom. The van der Waals surface area contributed by atoms with Crippen molar-refractivity contribution in [3.05, 3.63) is 99.0 Å². The fourth-order valence-corrected chi connectivity index (χ4v) is 4.98. The smallest absolute Gasteiger partial charge is 0.290 e. The lowest BCUT2D eigenvalue weighted by Crippen LogP contribution is -2.39. The third kappa shape index (κ3) is 8.00. The minimum atomic E-state index is -0.936. The average molecular weight is 619 g/mol. The summed E-state index contributed by atoms with van der Waals surface area (Å²) in [5.74, 6) is -1.67. The Morgan fingerprint density at radius 2 is 1.69 bits per heavy atom. The lowest BCUT2D eigenvalue weighted by atomic mass is 9.93. The number of rotatable bonds is 10. The third-order valence-electron chi connectivity index (χ3n) is 6.83. The normalized spacial score (nSPS) is 14.5. The summed E-state index contributed by atoms with van der Waals surface area (Å²) in [5.41, 5.74) is 3.69. The van der Waals surface area contributed by atoms with Gasteiger partial charge in [0.25, 0.3) is 12.4 Å². The van der Waals surface area contributed by atoms with E-state index in [2.05, 4.69) is 5.32 Å². The van der Waals surface area contributed by atoms with E-state index in [1.807, 2.05) is 53.4 Å². The molecule has 0 spiro atoms. The molecule has 0 bridgehead atoms. The van der Waals surface area contributed by atoms with E-state index in [0.717, 1.165) is 60.2 Å². The predicted molar refractivity (Wildman–Crippen MR) is 157 cm³/mol. The van der Waals surface area contributed by atoms with Gasteiger partial charge in [0.1, 0.15) is 19.0 Å². The van der Waals surface area contributed by atoms with Crippen molar-refractivity contribution in [2.24, 2.45) is 0 Å². The van der Waals surface area contributed by atoms with E-state index in [-0.39, 0.29) is 36.7 Å². The summed E-state index contributed by atoms with van der Waals surface area (Å²) in [7, 11) is 0. The van der Waals surface area contributed by atoms with Gasteiger partial charge in [0.2, 0.25) is 0 Å². The minimum absolute atomic E-state index is 0.0394. The average Bonchev–Trinajstić information content (AvgIpc) is 3.84. The number of carbonyl (C=O) groups excluding carboxylic acids is 1. The highest BCUT2D eigenvalue weighted by Crippen LogP contribution is 2.34. The van der Waals surface area contributed by atoms with Gasteiger partial charge >= 0.3 is 0 Å². The first-order valence-electron chi connectivity index (χ1n) is 13.4. The van der Waals surface area contributed by atoms with Crippen LogP contribution in [0.25, 0.3) is 5.57 Å². The molecule has 5 rings (SSSR count). The van der Waals surface area contributed by atoms with Crippen LogP contribution in [0.5, 0.6) is 11.5 Å². The monoisotopic (exact) mass is 618 g/mol. The van der Waals surface area contributed by atoms with Gasteiger partial charge in [-0.25, -0.2) is 8.78 Å². The van der Waals surface area contributed by atoms with Gasteiger partial charge in [-0.3, -0.25) is 9.59 Å².